The van der Waals surface area contributed by atoms with E-state index in [0.717, 1.165) is 22.7 Å². The number of halogens is 2. The number of benzene rings is 2. The zero-order valence-electron chi connectivity index (χ0n) is 20.5. The largest absolute Gasteiger partial charge is 0.385 e. The minimum Gasteiger partial charge on any atom is -0.385 e. The van der Waals surface area contributed by atoms with Gasteiger partial charge >= 0.3 is 0 Å². The molecule has 0 radical (unpaired) electrons. The van der Waals surface area contributed by atoms with E-state index in [1.54, 1.807) is 0 Å². The van der Waals surface area contributed by atoms with E-state index in [1.807, 2.05) is 36.4 Å². The van der Waals surface area contributed by atoms with Gasteiger partial charge in [0.2, 0.25) is 11.8 Å². The number of nitrogens with one attached hydrogen (secondary N) is 1. The highest BCUT2D eigenvalue weighted by Gasteiger charge is 2.45. The van der Waals surface area contributed by atoms with Crippen molar-refractivity contribution in [2.75, 3.05) is 13.1 Å². The predicted molar refractivity (Wildman–Crippen MR) is 133 cm³/mol. The molecule has 2 N–H and O–H groups in total. The average Bonchev–Trinajstić information content (AvgIpc) is 3.21. The third-order valence-corrected chi connectivity index (χ3v) is 7.92. The first kappa shape index (κ1) is 24.6. The lowest BCUT2D eigenvalue weighted by Crippen LogP contribution is -2.52. The van der Waals surface area contributed by atoms with Crippen molar-refractivity contribution in [3.05, 3.63) is 76.5 Å². The minimum atomic E-state index is -1.73. The van der Waals surface area contributed by atoms with Crippen LogP contribution in [0.5, 0.6) is 0 Å². The molecule has 3 aromatic rings. The second-order valence-corrected chi connectivity index (χ2v) is 10.3. The molecule has 1 atom stereocenters. The number of para-hydroxylation sites is 1. The van der Waals surface area contributed by atoms with E-state index in [4.69, 9.17) is 0 Å². The fourth-order valence-corrected chi connectivity index (χ4v) is 5.82. The summed E-state index contributed by atoms with van der Waals surface area (Å²) < 4.78 is 31.1. The van der Waals surface area contributed by atoms with Gasteiger partial charge in [-0.3, -0.25) is 29.6 Å². The highest BCUT2D eigenvalue weighted by Crippen LogP contribution is 2.40. The van der Waals surface area contributed by atoms with Crippen molar-refractivity contribution in [3.63, 3.8) is 0 Å². The maximum absolute atomic E-state index is 15.8. The number of fused-ring (bicyclic) bond motifs is 2. The number of aromatic nitrogens is 1. The average molecular weight is 521 g/mol. The molecule has 3 amide bonds. The Morgan fingerprint density at radius 2 is 1.84 bits per heavy atom. The van der Waals surface area contributed by atoms with Crippen LogP contribution in [-0.2, 0) is 28.3 Å². The third-order valence-electron chi connectivity index (χ3n) is 7.92. The van der Waals surface area contributed by atoms with Crippen LogP contribution in [0.3, 0.4) is 0 Å². The smallest absolute Gasteiger partial charge is 0.255 e. The van der Waals surface area contributed by atoms with E-state index in [-0.39, 0.29) is 43.4 Å². The van der Waals surface area contributed by atoms with Crippen molar-refractivity contribution in [1.82, 2.24) is 20.1 Å². The summed E-state index contributed by atoms with van der Waals surface area (Å²) in [6.07, 6.45) is 0.396. The molecule has 38 heavy (non-hydrogen) atoms. The van der Waals surface area contributed by atoms with E-state index in [0.29, 0.717) is 19.6 Å². The van der Waals surface area contributed by atoms with E-state index in [1.165, 1.54) is 4.90 Å². The number of carbonyl (C=O) groups is 3. The van der Waals surface area contributed by atoms with Crippen molar-refractivity contribution >= 4 is 28.6 Å². The van der Waals surface area contributed by atoms with Crippen LogP contribution in [0.25, 0.3) is 10.9 Å². The molecule has 8 nitrogen and oxygen atoms in total. The molecule has 0 bridgehead atoms. The van der Waals surface area contributed by atoms with Gasteiger partial charge in [-0.1, -0.05) is 24.3 Å². The quantitative estimate of drug-likeness (QED) is 0.513. The molecular formula is C28H26F2N4O4. The molecule has 3 aliphatic rings. The van der Waals surface area contributed by atoms with Crippen molar-refractivity contribution in [2.24, 2.45) is 0 Å². The van der Waals surface area contributed by atoms with Gasteiger partial charge in [0.25, 0.3) is 5.91 Å². The summed E-state index contributed by atoms with van der Waals surface area (Å²) in [7, 11) is 0. The zero-order valence-corrected chi connectivity index (χ0v) is 20.5. The number of hydrogen-bond acceptors (Lipinski definition) is 6. The molecule has 2 fully saturated rings. The normalized spacial score (nSPS) is 21.6. The number of nitrogens with zero attached hydrogens (tertiary/aromatic N) is 3. The molecule has 0 saturated carbocycles. The Kier molecular flexibility index (Phi) is 5.96. The number of carbonyl (C=O) groups excluding carboxylic acids is 3. The second kappa shape index (κ2) is 9.21. The minimum absolute atomic E-state index is 0.0349. The molecule has 3 aliphatic heterocycles. The molecule has 2 aromatic carbocycles. The van der Waals surface area contributed by atoms with Crippen LogP contribution in [0.15, 0.2) is 42.5 Å². The van der Waals surface area contributed by atoms with Crippen LogP contribution in [0.4, 0.5) is 8.78 Å². The third kappa shape index (κ3) is 4.13. The number of imide groups is 1. The first-order valence-corrected chi connectivity index (χ1v) is 12.7. The van der Waals surface area contributed by atoms with Gasteiger partial charge in [0, 0.05) is 37.0 Å². The molecular weight excluding hydrogens is 494 g/mol. The number of likely N-dealkylation sites (tertiary alicyclic amines) is 1. The zero-order chi connectivity index (χ0) is 26.6. The summed E-state index contributed by atoms with van der Waals surface area (Å²) in [5.74, 6) is -3.65. The molecule has 1 aromatic heterocycles. The van der Waals surface area contributed by atoms with Crippen LogP contribution in [-0.4, -0.2) is 56.7 Å². The summed E-state index contributed by atoms with van der Waals surface area (Å²) in [4.78, 5) is 44.7. The van der Waals surface area contributed by atoms with Gasteiger partial charge in [0.05, 0.1) is 34.5 Å². The Bertz CT molecular complexity index is 1490. The van der Waals surface area contributed by atoms with Gasteiger partial charge in [0.1, 0.15) is 17.7 Å². The number of pyridine rings is 1. The number of piperidine rings is 2. The molecule has 196 valence electrons. The maximum Gasteiger partial charge on any atom is 0.255 e. The SMILES string of the molecule is O=C1CCC(N2Cc3c(cc(F)c(C4(O)CCN(Cc5ccc6ccccc6n5)CC4)c3F)C2=O)C(=O)N1. The topological polar surface area (TPSA) is 103 Å². The predicted octanol–water partition coefficient (Wildman–Crippen LogP) is 2.76. The maximum atomic E-state index is 15.8. The lowest BCUT2D eigenvalue weighted by Gasteiger charge is -2.38. The van der Waals surface area contributed by atoms with E-state index in [2.05, 4.69) is 15.2 Å². The summed E-state index contributed by atoms with van der Waals surface area (Å²) in [5, 5.41) is 14.6. The fourth-order valence-electron chi connectivity index (χ4n) is 5.82. The molecule has 10 heteroatoms. The number of hydrogen-bond donors (Lipinski definition) is 2. The standard InChI is InChI=1S/C28H26F2N4O4/c29-20-13-18-19(15-34(27(18)37)22-7-8-23(35)32-26(22)36)25(30)24(20)28(38)9-11-33(12-10-28)14-17-6-5-16-3-1-2-4-21(16)31-17/h1-6,13,22,38H,7-12,14-15H2,(H,32,35,36). The van der Waals surface area contributed by atoms with Gasteiger partial charge in [-0.15, -0.1) is 0 Å². The van der Waals surface area contributed by atoms with E-state index >= 15 is 8.78 Å². The van der Waals surface area contributed by atoms with Crippen LogP contribution in [0.1, 0.15) is 52.9 Å². The van der Waals surface area contributed by atoms with Crippen LogP contribution in [0, 0.1) is 11.6 Å². The molecule has 2 saturated heterocycles. The summed E-state index contributed by atoms with van der Waals surface area (Å²) in [6.45, 7) is 1.13. The first-order chi connectivity index (χ1) is 18.2. The summed E-state index contributed by atoms with van der Waals surface area (Å²) in [6, 6.07) is 11.8. The van der Waals surface area contributed by atoms with Crippen molar-refractivity contribution in [3.8, 4) is 0 Å². The summed E-state index contributed by atoms with van der Waals surface area (Å²) >= 11 is 0. The molecule has 0 aliphatic carbocycles. The lowest BCUT2D eigenvalue weighted by molar-refractivity contribution is -0.136. The summed E-state index contributed by atoms with van der Waals surface area (Å²) in [5.41, 5.74) is -0.596. The second-order valence-electron chi connectivity index (χ2n) is 10.3. The van der Waals surface area contributed by atoms with Crippen LogP contribution < -0.4 is 5.32 Å². The molecule has 6 rings (SSSR count). The van der Waals surface area contributed by atoms with Gasteiger partial charge < -0.3 is 10.0 Å². The Morgan fingerprint density at radius 1 is 1.08 bits per heavy atom. The van der Waals surface area contributed by atoms with Crippen LogP contribution in [0.2, 0.25) is 0 Å². The van der Waals surface area contributed by atoms with E-state index < -0.39 is 46.6 Å². The Morgan fingerprint density at radius 3 is 2.61 bits per heavy atom. The fraction of sp³-hybridized carbons (Fsp3) is 0.357. The Hall–Kier alpha value is -3.76. The first-order valence-electron chi connectivity index (χ1n) is 12.7. The Balaban J connectivity index is 1.20. The molecule has 1 unspecified atom stereocenters. The number of aliphatic hydroxyl groups is 1. The lowest BCUT2D eigenvalue weighted by atomic mass is 9.82. The van der Waals surface area contributed by atoms with Crippen molar-refractivity contribution in [2.45, 2.75) is 50.4 Å². The van der Waals surface area contributed by atoms with Gasteiger partial charge in [-0.2, -0.15) is 0 Å². The van der Waals surface area contributed by atoms with Crippen molar-refractivity contribution < 1.29 is 28.3 Å². The highest BCUT2D eigenvalue weighted by molar-refractivity contribution is 6.05. The van der Waals surface area contributed by atoms with Gasteiger partial charge in [-0.05, 0) is 37.5 Å². The number of amides is 3. The molecule has 4 heterocycles. The number of rotatable bonds is 4. The van der Waals surface area contributed by atoms with Gasteiger partial charge in [0.15, 0.2) is 0 Å². The monoisotopic (exact) mass is 520 g/mol. The highest BCUT2D eigenvalue weighted by atomic mass is 19.1. The van der Waals surface area contributed by atoms with E-state index in [9.17, 15) is 19.5 Å². The van der Waals surface area contributed by atoms with Gasteiger partial charge in [-0.25, -0.2) is 8.78 Å². The van der Waals surface area contributed by atoms with Crippen molar-refractivity contribution in [1.29, 1.82) is 0 Å². The Labute approximate surface area is 217 Å². The van der Waals surface area contributed by atoms with Crippen LogP contribution >= 0.6 is 0 Å². The molecule has 0 spiro atoms.